The molecule has 100 valence electrons. The predicted molar refractivity (Wildman–Crippen MR) is 69.7 cm³/mol. The highest BCUT2D eigenvalue weighted by Gasteiger charge is 2.15. The Balaban J connectivity index is 2.11. The molecule has 0 radical (unpaired) electrons. The Bertz CT molecular complexity index is 222. The molecule has 0 bridgehead atoms. The zero-order valence-electron chi connectivity index (χ0n) is 11.2. The Kier molecular flexibility index (Phi) is 6.56. The van der Waals surface area contributed by atoms with Crippen LogP contribution < -0.4 is 5.32 Å². The van der Waals surface area contributed by atoms with Crippen molar-refractivity contribution in [2.45, 2.75) is 77.4 Å². The van der Waals surface area contributed by atoms with Crippen LogP contribution in [0.5, 0.6) is 0 Å². The van der Waals surface area contributed by atoms with E-state index in [2.05, 4.69) is 5.32 Å². The summed E-state index contributed by atoms with van der Waals surface area (Å²) in [7, 11) is 0. The summed E-state index contributed by atoms with van der Waals surface area (Å²) < 4.78 is 0. The highest BCUT2D eigenvalue weighted by Crippen LogP contribution is 2.27. The summed E-state index contributed by atoms with van der Waals surface area (Å²) >= 11 is 0. The Morgan fingerprint density at radius 2 is 1.94 bits per heavy atom. The molecule has 0 spiro atoms. The van der Waals surface area contributed by atoms with Gasteiger partial charge in [-0.05, 0) is 32.6 Å². The van der Waals surface area contributed by atoms with Crippen molar-refractivity contribution in [3.05, 3.63) is 0 Å². The topological polar surface area (TPSA) is 49.3 Å². The van der Waals surface area contributed by atoms with Crippen molar-refractivity contribution < 1.29 is 9.90 Å². The fourth-order valence-corrected chi connectivity index (χ4v) is 2.73. The van der Waals surface area contributed by atoms with Crippen LogP contribution >= 0.6 is 0 Å². The van der Waals surface area contributed by atoms with Gasteiger partial charge < -0.3 is 10.4 Å². The van der Waals surface area contributed by atoms with Gasteiger partial charge in [0.15, 0.2) is 0 Å². The summed E-state index contributed by atoms with van der Waals surface area (Å²) in [6.45, 7) is 3.70. The molecule has 1 rings (SSSR count). The second-order valence-electron chi connectivity index (χ2n) is 5.60. The minimum atomic E-state index is -0.344. The molecule has 0 aromatic heterocycles. The molecule has 0 aromatic rings. The van der Waals surface area contributed by atoms with Crippen LogP contribution in [0.25, 0.3) is 0 Å². The Morgan fingerprint density at radius 1 is 1.29 bits per heavy atom. The van der Waals surface area contributed by atoms with Gasteiger partial charge in [0.2, 0.25) is 5.91 Å². The van der Waals surface area contributed by atoms with Crippen LogP contribution in [0.4, 0.5) is 0 Å². The zero-order chi connectivity index (χ0) is 12.7. The van der Waals surface area contributed by atoms with Crippen molar-refractivity contribution in [3.8, 4) is 0 Å². The lowest BCUT2D eigenvalue weighted by Crippen LogP contribution is -2.34. The Labute approximate surface area is 105 Å². The summed E-state index contributed by atoms with van der Waals surface area (Å²) in [6.07, 6.45) is 8.62. The van der Waals surface area contributed by atoms with Gasteiger partial charge in [-0.2, -0.15) is 0 Å². The second-order valence-corrected chi connectivity index (χ2v) is 5.60. The van der Waals surface area contributed by atoms with E-state index in [1.807, 2.05) is 6.92 Å². The zero-order valence-corrected chi connectivity index (χ0v) is 11.2. The standard InChI is InChI=1S/C14H27NO2/c1-11(10-12(2)16)15-14(17)9-8-13-6-4-3-5-7-13/h11-13,16H,3-10H2,1-2H3,(H,15,17). The number of rotatable bonds is 6. The first kappa shape index (κ1) is 14.5. The van der Waals surface area contributed by atoms with Gasteiger partial charge >= 0.3 is 0 Å². The number of aliphatic hydroxyl groups is 1. The fraction of sp³-hybridized carbons (Fsp3) is 0.929. The maximum Gasteiger partial charge on any atom is 0.220 e. The summed E-state index contributed by atoms with van der Waals surface area (Å²) in [5, 5.41) is 12.2. The van der Waals surface area contributed by atoms with E-state index in [-0.39, 0.29) is 18.1 Å². The van der Waals surface area contributed by atoms with Gasteiger partial charge in [0.1, 0.15) is 0 Å². The van der Waals surface area contributed by atoms with E-state index in [9.17, 15) is 9.90 Å². The number of aliphatic hydroxyl groups excluding tert-OH is 1. The average molecular weight is 241 g/mol. The van der Waals surface area contributed by atoms with Crippen molar-refractivity contribution in [2.24, 2.45) is 5.92 Å². The minimum absolute atomic E-state index is 0.0776. The largest absolute Gasteiger partial charge is 0.393 e. The summed E-state index contributed by atoms with van der Waals surface area (Å²) in [4.78, 5) is 11.7. The van der Waals surface area contributed by atoms with E-state index < -0.39 is 0 Å². The molecule has 17 heavy (non-hydrogen) atoms. The normalized spacial score (nSPS) is 20.9. The number of hydrogen-bond acceptors (Lipinski definition) is 2. The molecule has 1 aliphatic rings. The molecule has 2 N–H and O–H groups in total. The average Bonchev–Trinajstić information content (AvgIpc) is 2.26. The number of amides is 1. The first-order valence-corrected chi connectivity index (χ1v) is 7.05. The van der Waals surface area contributed by atoms with E-state index in [0.29, 0.717) is 12.8 Å². The fourth-order valence-electron chi connectivity index (χ4n) is 2.73. The molecule has 1 saturated carbocycles. The molecule has 0 aliphatic heterocycles. The number of nitrogens with one attached hydrogen (secondary N) is 1. The molecule has 0 heterocycles. The Morgan fingerprint density at radius 3 is 2.53 bits per heavy atom. The van der Waals surface area contributed by atoms with E-state index in [4.69, 9.17) is 0 Å². The van der Waals surface area contributed by atoms with E-state index in [1.54, 1.807) is 6.92 Å². The van der Waals surface area contributed by atoms with Crippen LogP contribution in [0.1, 0.15) is 65.2 Å². The first-order valence-electron chi connectivity index (χ1n) is 7.05. The lowest BCUT2D eigenvalue weighted by Gasteiger charge is -2.21. The molecule has 3 heteroatoms. The van der Waals surface area contributed by atoms with Crippen molar-refractivity contribution in [1.29, 1.82) is 0 Å². The van der Waals surface area contributed by atoms with Gasteiger partial charge in [-0.25, -0.2) is 0 Å². The molecule has 2 atom stereocenters. The van der Waals surface area contributed by atoms with Crippen LogP contribution in [0.2, 0.25) is 0 Å². The van der Waals surface area contributed by atoms with E-state index in [1.165, 1.54) is 32.1 Å². The van der Waals surface area contributed by atoms with Crippen molar-refractivity contribution in [2.75, 3.05) is 0 Å². The van der Waals surface area contributed by atoms with Crippen LogP contribution in [0, 0.1) is 5.92 Å². The lowest BCUT2D eigenvalue weighted by molar-refractivity contribution is -0.122. The number of carbonyl (C=O) groups excluding carboxylic acids is 1. The maximum absolute atomic E-state index is 11.7. The van der Waals surface area contributed by atoms with Gasteiger partial charge in [0.05, 0.1) is 6.10 Å². The molecule has 1 aliphatic carbocycles. The highest BCUT2D eigenvalue weighted by molar-refractivity contribution is 5.76. The molecule has 3 nitrogen and oxygen atoms in total. The SMILES string of the molecule is CC(O)CC(C)NC(=O)CCC1CCCCC1. The lowest BCUT2D eigenvalue weighted by atomic mass is 9.86. The molecule has 0 saturated heterocycles. The molecular weight excluding hydrogens is 214 g/mol. The molecule has 2 unspecified atom stereocenters. The van der Waals surface area contributed by atoms with E-state index >= 15 is 0 Å². The summed E-state index contributed by atoms with van der Waals surface area (Å²) in [5.41, 5.74) is 0. The van der Waals surface area contributed by atoms with Crippen LogP contribution in [-0.2, 0) is 4.79 Å². The third-order valence-electron chi connectivity index (χ3n) is 3.61. The first-order chi connectivity index (χ1) is 8.08. The van der Waals surface area contributed by atoms with Crippen LogP contribution in [-0.4, -0.2) is 23.2 Å². The smallest absolute Gasteiger partial charge is 0.220 e. The molecular formula is C14H27NO2. The summed E-state index contributed by atoms with van der Waals surface area (Å²) in [5.74, 6) is 0.908. The molecule has 0 aromatic carbocycles. The molecule has 1 fully saturated rings. The highest BCUT2D eigenvalue weighted by atomic mass is 16.3. The maximum atomic E-state index is 11.7. The number of carbonyl (C=O) groups is 1. The molecule has 1 amide bonds. The van der Waals surface area contributed by atoms with Gasteiger partial charge in [0.25, 0.3) is 0 Å². The second kappa shape index (κ2) is 7.70. The third-order valence-corrected chi connectivity index (χ3v) is 3.61. The van der Waals surface area contributed by atoms with Crippen molar-refractivity contribution in [3.63, 3.8) is 0 Å². The third kappa shape index (κ3) is 6.67. The quantitative estimate of drug-likeness (QED) is 0.751. The van der Waals surface area contributed by atoms with Crippen molar-refractivity contribution in [1.82, 2.24) is 5.32 Å². The van der Waals surface area contributed by atoms with Crippen molar-refractivity contribution >= 4 is 5.91 Å². The van der Waals surface area contributed by atoms with Gasteiger partial charge in [-0.15, -0.1) is 0 Å². The minimum Gasteiger partial charge on any atom is -0.393 e. The van der Waals surface area contributed by atoms with Gasteiger partial charge in [-0.1, -0.05) is 32.1 Å². The summed E-state index contributed by atoms with van der Waals surface area (Å²) in [6, 6.07) is 0.0776. The van der Waals surface area contributed by atoms with Gasteiger partial charge in [0, 0.05) is 12.5 Å². The predicted octanol–water partition coefficient (Wildman–Crippen LogP) is 2.62. The van der Waals surface area contributed by atoms with Crippen LogP contribution in [0.3, 0.4) is 0 Å². The van der Waals surface area contributed by atoms with Gasteiger partial charge in [-0.3, -0.25) is 4.79 Å². The number of hydrogen-bond donors (Lipinski definition) is 2. The van der Waals surface area contributed by atoms with E-state index in [0.717, 1.165) is 12.3 Å². The van der Waals surface area contributed by atoms with Crippen LogP contribution in [0.15, 0.2) is 0 Å². The Hall–Kier alpha value is -0.570. The monoisotopic (exact) mass is 241 g/mol.